The van der Waals surface area contributed by atoms with Gasteiger partial charge in [-0.2, -0.15) is 0 Å². The second kappa shape index (κ2) is 8.98. The van der Waals surface area contributed by atoms with Gasteiger partial charge in [-0.15, -0.1) is 0 Å². The Morgan fingerprint density at radius 3 is 2.88 bits per heavy atom. The Balaban J connectivity index is 1.36. The predicted octanol–water partition coefficient (Wildman–Crippen LogP) is 4.96. The summed E-state index contributed by atoms with van der Waals surface area (Å²) >= 11 is 6.43. The third kappa shape index (κ3) is 4.30. The fourth-order valence-corrected chi connectivity index (χ4v) is 4.20. The van der Waals surface area contributed by atoms with Crippen LogP contribution in [-0.4, -0.2) is 33.9 Å². The Kier molecular flexibility index (Phi) is 5.75. The zero-order chi connectivity index (χ0) is 21.9. The van der Waals surface area contributed by atoms with E-state index < -0.39 is 0 Å². The van der Waals surface area contributed by atoms with Crippen molar-refractivity contribution in [2.75, 3.05) is 23.7 Å². The molecule has 0 radical (unpaired) electrons. The van der Waals surface area contributed by atoms with E-state index in [2.05, 4.69) is 30.9 Å². The maximum Gasteiger partial charge on any atom is 0.228 e. The van der Waals surface area contributed by atoms with Crippen LogP contribution in [0.2, 0.25) is 5.02 Å². The van der Waals surface area contributed by atoms with Crippen LogP contribution in [0, 0.1) is 5.92 Å². The number of fused-ring (bicyclic) bond motifs is 1. The average Bonchev–Trinajstić information content (AvgIpc) is 3.25. The van der Waals surface area contributed by atoms with Crippen molar-refractivity contribution in [3.63, 3.8) is 0 Å². The number of piperidine rings is 1. The molecule has 2 aromatic heterocycles. The first kappa shape index (κ1) is 20.5. The Labute approximate surface area is 190 Å². The van der Waals surface area contributed by atoms with Gasteiger partial charge in [0.25, 0.3) is 0 Å². The summed E-state index contributed by atoms with van der Waals surface area (Å²) in [5.74, 6) is 0.465. The quantitative estimate of drug-likeness (QED) is 0.347. The molecule has 1 atom stereocenters. The molecule has 0 bridgehead atoms. The minimum atomic E-state index is -0.00121. The second-order valence-corrected chi connectivity index (χ2v) is 8.28. The van der Waals surface area contributed by atoms with E-state index in [1.165, 1.54) is 0 Å². The zero-order valence-corrected chi connectivity index (χ0v) is 18.1. The van der Waals surface area contributed by atoms with Crippen LogP contribution in [0.4, 0.5) is 17.3 Å². The van der Waals surface area contributed by atoms with E-state index in [1.807, 2.05) is 54.7 Å². The first-order valence-electron chi connectivity index (χ1n) is 10.6. The molecular formula is C24H23ClN6O. The molecule has 1 amide bonds. The number of benzene rings is 2. The third-order valence-electron chi connectivity index (χ3n) is 5.64. The maximum absolute atomic E-state index is 12.5. The van der Waals surface area contributed by atoms with E-state index in [4.69, 9.17) is 11.6 Å². The predicted molar refractivity (Wildman–Crippen MR) is 128 cm³/mol. The summed E-state index contributed by atoms with van der Waals surface area (Å²) in [7, 11) is 0. The van der Waals surface area contributed by atoms with Gasteiger partial charge >= 0.3 is 0 Å². The normalized spacial score (nSPS) is 16.1. The molecule has 1 saturated heterocycles. The van der Waals surface area contributed by atoms with Crippen LogP contribution in [0.5, 0.6) is 0 Å². The van der Waals surface area contributed by atoms with Crippen molar-refractivity contribution in [3.05, 3.63) is 65.9 Å². The van der Waals surface area contributed by atoms with E-state index in [9.17, 15) is 4.79 Å². The van der Waals surface area contributed by atoms with Crippen molar-refractivity contribution in [1.29, 1.82) is 0 Å². The van der Waals surface area contributed by atoms with Gasteiger partial charge in [0.2, 0.25) is 11.9 Å². The van der Waals surface area contributed by atoms with Crippen molar-refractivity contribution < 1.29 is 4.79 Å². The molecule has 32 heavy (non-hydrogen) atoms. The summed E-state index contributed by atoms with van der Waals surface area (Å²) in [4.78, 5) is 24.8. The fraction of sp³-hybridized carbons (Fsp3) is 0.208. The smallest absolute Gasteiger partial charge is 0.228 e. The van der Waals surface area contributed by atoms with Gasteiger partial charge in [0, 0.05) is 40.6 Å². The molecule has 1 aliphatic heterocycles. The van der Waals surface area contributed by atoms with Crippen LogP contribution in [0.3, 0.4) is 0 Å². The van der Waals surface area contributed by atoms with Crippen LogP contribution >= 0.6 is 11.6 Å². The average molecular weight is 447 g/mol. The number of halogens is 1. The largest absolute Gasteiger partial charge is 0.360 e. The minimum absolute atomic E-state index is 0.00121. The maximum atomic E-state index is 12.5. The fourth-order valence-electron chi connectivity index (χ4n) is 4.01. The Morgan fingerprint density at radius 1 is 1.12 bits per heavy atom. The van der Waals surface area contributed by atoms with E-state index in [0.29, 0.717) is 16.7 Å². The number of aromatic amines is 1. The number of H-pyrrole nitrogens is 1. The van der Waals surface area contributed by atoms with Crippen molar-refractivity contribution in [2.45, 2.75) is 12.8 Å². The topological polar surface area (TPSA) is 94.7 Å². The monoisotopic (exact) mass is 446 g/mol. The number of anilines is 3. The molecule has 2 aromatic carbocycles. The molecule has 3 heterocycles. The highest BCUT2D eigenvalue weighted by atomic mass is 35.5. The van der Waals surface area contributed by atoms with Gasteiger partial charge < -0.3 is 20.9 Å². The first-order chi connectivity index (χ1) is 15.7. The van der Waals surface area contributed by atoms with Crippen molar-refractivity contribution in [3.8, 4) is 11.3 Å². The zero-order valence-electron chi connectivity index (χ0n) is 17.4. The molecule has 4 aromatic rings. The Morgan fingerprint density at radius 2 is 2.00 bits per heavy atom. The number of hydrogen-bond donors (Lipinski definition) is 4. The van der Waals surface area contributed by atoms with Crippen molar-refractivity contribution in [1.82, 2.24) is 20.3 Å². The van der Waals surface area contributed by atoms with E-state index in [-0.39, 0.29) is 11.8 Å². The molecule has 8 heteroatoms. The van der Waals surface area contributed by atoms with Crippen molar-refractivity contribution >= 4 is 45.7 Å². The number of rotatable bonds is 5. The Hall–Kier alpha value is -3.42. The highest BCUT2D eigenvalue weighted by Crippen LogP contribution is 2.32. The van der Waals surface area contributed by atoms with Gasteiger partial charge in [0.1, 0.15) is 0 Å². The van der Waals surface area contributed by atoms with Gasteiger partial charge in [-0.1, -0.05) is 35.9 Å². The Bertz CT molecular complexity index is 1260. The summed E-state index contributed by atoms with van der Waals surface area (Å²) in [6.07, 6.45) is 5.42. The van der Waals surface area contributed by atoms with Crippen LogP contribution in [-0.2, 0) is 4.79 Å². The highest BCUT2D eigenvalue weighted by molar-refractivity contribution is 6.33. The van der Waals surface area contributed by atoms with E-state index in [1.54, 1.807) is 6.20 Å². The summed E-state index contributed by atoms with van der Waals surface area (Å²) < 4.78 is 0. The third-order valence-corrected chi connectivity index (χ3v) is 5.92. The molecule has 5 rings (SSSR count). The van der Waals surface area contributed by atoms with E-state index in [0.717, 1.165) is 53.8 Å². The molecule has 0 spiro atoms. The SMILES string of the molecule is O=C(Nc1cccc(Nc2ncc(Cl)c(-c3c[nH]c4ccccc34)n2)c1)C1CCCNC1. The molecule has 1 aliphatic rings. The lowest BCUT2D eigenvalue weighted by Gasteiger charge is -2.22. The number of carbonyl (C=O) groups excluding carboxylic acids is 1. The number of nitrogens with one attached hydrogen (secondary N) is 4. The summed E-state index contributed by atoms with van der Waals surface area (Å²) in [5.41, 5.74) is 4.09. The lowest BCUT2D eigenvalue weighted by atomic mass is 9.99. The molecule has 7 nitrogen and oxygen atoms in total. The number of carbonyl (C=O) groups is 1. The number of hydrogen-bond acceptors (Lipinski definition) is 5. The molecule has 0 aliphatic carbocycles. The van der Waals surface area contributed by atoms with Crippen LogP contribution in [0.25, 0.3) is 22.2 Å². The summed E-state index contributed by atoms with van der Waals surface area (Å²) in [5, 5.41) is 11.0. The molecule has 0 saturated carbocycles. The minimum Gasteiger partial charge on any atom is -0.360 e. The molecule has 4 N–H and O–H groups in total. The summed E-state index contributed by atoms with van der Waals surface area (Å²) in [6.45, 7) is 1.70. The lowest BCUT2D eigenvalue weighted by molar-refractivity contribution is -0.120. The molecule has 1 fully saturated rings. The van der Waals surface area contributed by atoms with Gasteiger partial charge in [-0.25, -0.2) is 9.97 Å². The number of para-hydroxylation sites is 1. The van der Waals surface area contributed by atoms with Gasteiger partial charge in [-0.3, -0.25) is 4.79 Å². The molecule has 1 unspecified atom stereocenters. The van der Waals surface area contributed by atoms with Crippen LogP contribution < -0.4 is 16.0 Å². The van der Waals surface area contributed by atoms with Crippen LogP contribution in [0.1, 0.15) is 12.8 Å². The van der Waals surface area contributed by atoms with Gasteiger partial charge in [-0.05, 0) is 43.7 Å². The number of nitrogens with zero attached hydrogens (tertiary/aromatic N) is 2. The van der Waals surface area contributed by atoms with Crippen molar-refractivity contribution in [2.24, 2.45) is 5.92 Å². The highest BCUT2D eigenvalue weighted by Gasteiger charge is 2.21. The standard InChI is InChI=1S/C24H23ClN6O/c25-20-14-28-24(31-22(20)19-13-27-21-9-2-1-8-18(19)21)30-17-7-3-6-16(11-17)29-23(32)15-5-4-10-26-12-15/h1-3,6-9,11,13-15,26-27H,4-5,10,12H2,(H,29,32)(H,28,30,31). The number of amides is 1. The first-order valence-corrected chi connectivity index (χ1v) is 11.0. The molecule has 162 valence electrons. The van der Waals surface area contributed by atoms with Crippen LogP contribution in [0.15, 0.2) is 60.9 Å². The second-order valence-electron chi connectivity index (χ2n) is 7.88. The lowest BCUT2D eigenvalue weighted by Crippen LogP contribution is -2.37. The summed E-state index contributed by atoms with van der Waals surface area (Å²) in [6, 6.07) is 15.5. The number of aromatic nitrogens is 3. The van der Waals surface area contributed by atoms with E-state index >= 15 is 0 Å². The van der Waals surface area contributed by atoms with Gasteiger partial charge in [0.05, 0.1) is 22.8 Å². The van der Waals surface area contributed by atoms with Gasteiger partial charge in [0.15, 0.2) is 0 Å². The molecular weight excluding hydrogens is 424 g/mol.